The van der Waals surface area contributed by atoms with Gasteiger partial charge >= 0.3 is 0 Å². The molecule has 2 aliphatic rings. The van der Waals surface area contributed by atoms with Crippen molar-refractivity contribution in [3.05, 3.63) is 46.3 Å². The van der Waals surface area contributed by atoms with Crippen LogP contribution in [0.25, 0.3) is 10.2 Å². The molecule has 3 aromatic rings. The molecule has 2 fully saturated rings. The Labute approximate surface area is 152 Å². The monoisotopic (exact) mass is 401 g/mol. The fourth-order valence-corrected chi connectivity index (χ4v) is 4.98. The zero-order valence-corrected chi connectivity index (χ0v) is 15.4. The quantitative estimate of drug-likeness (QED) is 0.673. The third-order valence-electron chi connectivity index (χ3n) is 5.00. The number of rotatable bonds is 3. The molecule has 2 aliphatic heterocycles. The zero-order valence-electron chi connectivity index (χ0n) is 13.0. The highest BCUT2D eigenvalue weighted by Crippen LogP contribution is 2.38. The van der Waals surface area contributed by atoms with Crippen LogP contribution >= 0.6 is 27.3 Å². The lowest BCUT2D eigenvalue weighted by Crippen LogP contribution is -2.46. The molecule has 0 amide bonds. The summed E-state index contributed by atoms with van der Waals surface area (Å²) in [5, 5.41) is 2.10. The van der Waals surface area contributed by atoms with E-state index in [1.54, 1.807) is 17.7 Å². The molecule has 2 bridgehead atoms. The van der Waals surface area contributed by atoms with Crippen LogP contribution < -0.4 is 4.90 Å². The van der Waals surface area contributed by atoms with Crippen molar-refractivity contribution in [1.29, 1.82) is 0 Å². The molecular weight excluding hydrogens is 386 g/mol. The number of nitrogens with zero attached hydrogens (tertiary/aromatic N) is 5. The van der Waals surface area contributed by atoms with Crippen LogP contribution in [-0.2, 0) is 6.54 Å². The summed E-state index contributed by atoms with van der Waals surface area (Å²) in [6.07, 6.45) is 4.79. The number of hydrogen-bond donors (Lipinski definition) is 0. The van der Waals surface area contributed by atoms with E-state index in [-0.39, 0.29) is 0 Å². The van der Waals surface area contributed by atoms with Gasteiger partial charge in [0.25, 0.3) is 0 Å². The van der Waals surface area contributed by atoms with E-state index >= 15 is 0 Å². The Morgan fingerprint density at radius 1 is 1.12 bits per heavy atom. The SMILES string of the molecule is Brc1ccc(CN2CC3CC2CN3c2ncnc3ccsc23)nc1. The Morgan fingerprint density at radius 2 is 2.08 bits per heavy atom. The molecule has 3 aromatic heterocycles. The summed E-state index contributed by atoms with van der Waals surface area (Å²) in [6.45, 7) is 3.06. The summed E-state index contributed by atoms with van der Waals surface area (Å²) in [4.78, 5) is 18.5. The van der Waals surface area contributed by atoms with E-state index in [0.29, 0.717) is 12.1 Å². The van der Waals surface area contributed by atoms with Crippen molar-refractivity contribution in [2.75, 3.05) is 18.0 Å². The highest BCUT2D eigenvalue weighted by molar-refractivity contribution is 9.10. The summed E-state index contributed by atoms with van der Waals surface area (Å²) < 4.78 is 2.25. The lowest BCUT2D eigenvalue weighted by atomic mass is 10.2. The number of likely N-dealkylation sites (tertiary alicyclic amines) is 1. The fourth-order valence-electron chi connectivity index (χ4n) is 3.89. The Balaban J connectivity index is 1.35. The zero-order chi connectivity index (χ0) is 16.1. The Bertz CT molecular complexity index is 880. The summed E-state index contributed by atoms with van der Waals surface area (Å²) >= 11 is 5.19. The van der Waals surface area contributed by atoms with Crippen molar-refractivity contribution >= 4 is 43.3 Å². The minimum absolute atomic E-state index is 0.547. The molecule has 5 heterocycles. The van der Waals surface area contributed by atoms with Gasteiger partial charge in [-0.15, -0.1) is 11.3 Å². The lowest BCUT2D eigenvalue weighted by molar-refractivity contribution is 0.227. The lowest BCUT2D eigenvalue weighted by Gasteiger charge is -2.34. The first-order chi connectivity index (χ1) is 11.8. The third kappa shape index (κ3) is 2.42. The first-order valence-corrected chi connectivity index (χ1v) is 9.74. The number of piperazine rings is 1. The highest BCUT2D eigenvalue weighted by atomic mass is 79.9. The van der Waals surface area contributed by atoms with E-state index in [1.165, 1.54) is 11.1 Å². The van der Waals surface area contributed by atoms with Crippen molar-refractivity contribution in [3.8, 4) is 0 Å². The van der Waals surface area contributed by atoms with Crippen molar-refractivity contribution < 1.29 is 0 Å². The van der Waals surface area contributed by atoms with Gasteiger partial charge in [0.2, 0.25) is 0 Å². The number of hydrogen-bond acceptors (Lipinski definition) is 6. The van der Waals surface area contributed by atoms with Crippen LogP contribution in [0.15, 0.2) is 40.6 Å². The average Bonchev–Trinajstić information content (AvgIpc) is 3.31. The molecule has 0 spiro atoms. The van der Waals surface area contributed by atoms with Crippen LogP contribution in [0.1, 0.15) is 12.1 Å². The second kappa shape index (κ2) is 5.75. The Morgan fingerprint density at radius 3 is 2.88 bits per heavy atom. The van der Waals surface area contributed by atoms with Crippen molar-refractivity contribution in [3.63, 3.8) is 0 Å². The number of anilines is 1. The first kappa shape index (κ1) is 14.7. The molecule has 7 heteroatoms. The summed E-state index contributed by atoms with van der Waals surface area (Å²) in [5.74, 6) is 1.11. The number of fused-ring (bicyclic) bond motifs is 3. The van der Waals surface area contributed by atoms with E-state index in [2.05, 4.69) is 64.3 Å². The van der Waals surface area contributed by atoms with Gasteiger partial charge in [-0.25, -0.2) is 9.97 Å². The minimum Gasteiger partial charge on any atom is -0.349 e. The smallest absolute Gasteiger partial charge is 0.150 e. The van der Waals surface area contributed by atoms with Gasteiger partial charge in [-0.1, -0.05) is 0 Å². The van der Waals surface area contributed by atoms with E-state index in [0.717, 1.165) is 41.1 Å². The van der Waals surface area contributed by atoms with Crippen LogP contribution in [0.5, 0.6) is 0 Å². The van der Waals surface area contributed by atoms with E-state index in [9.17, 15) is 0 Å². The maximum Gasteiger partial charge on any atom is 0.150 e. The van der Waals surface area contributed by atoms with Gasteiger partial charge in [0, 0.05) is 42.4 Å². The second-order valence-electron chi connectivity index (χ2n) is 6.43. The summed E-state index contributed by atoms with van der Waals surface area (Å²) in [6, 6.07) is 7.38. The van der Waals surface area contributed by atoms with Gasteiger partial charge in [-0.2, -0.15) is 0 Å². The molecule has 2 saturated heterocycles. The molecule has 122 valence electrons. The van der Waals surface area contributed by atoms with E-state index in [4.69, 9.17) is 0 Å². The minimum atomic E-state index is 0.547. The van der Waals surface area contributed by atoms with Crippen molar-refractivity contribution in [2.45, 2.75) is 25.0 Å². The molecule has 5 rings (SSSR count). The average molecular weight is 402 g/mol. The maximum absolute atomic E-state index is 4.59. The second-order valence-corrected chi connectivity index (χ2v) is 8.26. The number of halogens is 1. The van der Waals surface area contributed by atoms with Crippen molar-refractivity contribution in [2.24, 2.45) is 0 Å². The molecule has 24 heavy (non-hydrogen) atoms. The van der Waals surface area contributed by atoms with Gasteiger partial charge in [0.15, 0.2) is 0 Å². The molecule has 0 saturated carbocycles. The third-order valence-corrected chi connectivity index (χ3v) is 6.37. The van der Waals surface area contributed by atoms with Gasteiger partial charge in [0.05, 0.1) is 15.9 Å². The van der Waals surface area contributed by atoms with Crippen LogP contribution in [0.2, 0.25) is 0 Å². The molecule has 0 N–H and O–H groups in total. The Kier molecular flexibility index (Phi) is 3.53. The predicted octanol–water partition coefficient (Wildman–Crippen LogP) is 3.31. The largest absolute Gasteiger partial charge is 0.349 e. The maximum atomic E-state index is 4.59. The predicted molar refractivity (Wildman–Crippen MR) is 99.3 cm³/mol. The molecule has 2 unspecified atom stereocenters. The fraction of sp³-hybridized carbons (Fsp3) is 0.353. The van der Waals surface area contributed by atoms with E-state index < -0.39 is 0 Å². The van der Waals surface area contributed by atoms with Crippen LogP contribution in [-0.4, -0.2) is 45.0 Å². The van der Waals surface area contributed by atoms with Gasteiger partial charge in [0.1, 0.15) is 12.1 Å². The normalized spacial score (nSPS) is 23.5. The Hall–Kier alpha value is -1.57. The summed E-state index contributed by atoms with van der Waals surface area (Å²) in [7, 11) is 0. The van der Waals surface area contributed by atoms with Gasteiger partial charge in [-0.05, 0) is 45.9 Å². The van der Waals surface area contributed by atoms with Crippen LogP contribution in [0.4, 0.5) is 5.82 Å². The molecule has 5 nitrogen and oxygen atoms in total. The van der Waals surface area contributed by atoms with Gasteiger partial charge in [-0.3, -0.25) is 9.88 Å². The number of pyridine rings is 1. The molecule has 0 radical (unpaired) electrons. The van der Waals surface area contributed by atoms with Crippen molar-refractivity contribution in [1.82, 2.24) is 19.9 Å². The molecular formula is C17H16BrN5S. The van der Waals surface area contributed by atoms with E-state index in [1.807, 2.05) is 6.20 Å². The van der Waals surface area contributed by atoms with Crippen LogP contribution in [0.3, 0.4) is 0 Å². The number of aromatic nitrogens is 3. The topological polar surface area (TPSA) is 45.2 Å². The molecule has 0 aromatic carbocycles. The van der Waals surface area contributed by atoms with Gasteiger partial charge < -0.3 is 4.90 Å². The molecule has 0 aliphatic carbocycles. The highest BCUT2D eigenvalue weighted by Gasteiger charge is 2.44. The first-order valence-electron chi connectivity index (χ1n) is 8.07. The standard InChI is InChI=1S/C17H16BrN5S/c18-11-1-2-12(19-6-11)7-22-8-14-5-13(22)9-23(14)17-16-15(3-4-24-16)20-10-21-17/h1-4,6,10,13-14H,5,7-9H2. The van der Waals surface area contributed by atoms with Crippen LogP contribution in [0, 0.1) is 0 Å². The number of thiophene rings is 1. The molecule has 2 atom stereocenters. The summed E-state index contributed by atoms with van der Waals surface area (Å²) in [5.41, 5.74) is 2.20.